The third kappa shape index (κ3) is 4.17. The van der Waals surface area contributed by atoms with Gasteiger partial charge in [-0.1, -0.05) is 34.1 Å². The van der Waals surface area contributed by atoms with Gasteiger partial charge < -0.3 is 14.8 Å². The number of amides is 1. The quantitative estimate of drug-likeness (QED) is 0.506. The molecule has 0 bridgehead atoms. The van der Waals surface area contributed by atoms with E-state index in [-0.39, 0.29) is 11.7 Å². The minimum Gasteiger partial charge on any atom is -0.493 e. The zero-order chi connectivity index (χ0) is 20.4. The fraction of sp³-hybridized carbons (Fsp3) is 0.0870. The summed E-state index contributed by atoms with van der Waals surface area (Å²) in [6.45, 7) is 0.373. The number of anilines is 1. The molecule has 0 atom stereocenters. The first-order valence-corrected chi connectivity index (χ1v) is 9.71. The second-order valence-electron chi connectivity index (χ2n) is 6.53. The molecule has 0 unspecified atom stereocenters. The lowest BCUT2D eigenvalue weighted by molar-refractivity contribution is -0.110. The van der Waals surface area contributed by atoms with Gasteiger partial charge in [-0.2, -0.15) is 0 Å². The monoisotopic (exact) mass is 453 g/mol. The fourth-order valence-corrected chi connectivity index (χ4v) is 3.37. The van der Waals surface area contributed by atoms with Gasteiger partial charge in [0.25, 0.3) is 5.91 Å². The lowest BCUT2D eigenvalue weighted by atomic mass is 10.0. The molecule has 0 aromatic heterocycles. The highest BCUT2D eigenvalue weighted by atomic mass is 79.9. The van der Waals surface area contributed by atoms with E-state index < -0.39 is 0 Å². The summed E-state index contributed by atoms with van der Waals surface area (Å²) in [5.41, 5.74) is 3.31. The maximum atomic E-state index is 13.6. The van der Waals surface area contributed by atoms with E-state index in [1.165, 1.54) is 12.1 Å². The summed E-state index contributed by atoms with van der Waals surface area (Å²) in [4.78, 5) is 12.3. The smallest absolute Gasteiger partial charge is 0.256 e. The number of fused-ring (bicyclic) bond motifs is 1. The van der Waals surface area contributed by atoms with Crippen LogP contribution in [0.4, 0.5) is 10.1 Å². The van der Waals surface area contributed by atoms with Crippen LogP contribution in [0.15, 0.2) is 65.1 Å². The van der Waals surface area contributed by atoms with E-state index in [2.05, 4.69) is 21.2 Å². The third-order valence-corrected chi connectivity index (χ3v) is 5.10. The first-order valence-electron chi connectivity index (χ1n) is 8.92. The first-order chi connectivity index (χ1) is 14.0. The van der Waals surface area contributed by atoms with Crippen molar-refractivity contribution in [1.29, 1.82) is 0 Å². The van der Waals surface area contributed by atoms with Crippen molar-refractivity contribution in [2.45, 2.75) is 6.61 Å². The van der Waals surface area contributed by atoms with Crippen LogP contribution >= 0.6 is 15.9 Å². The molecule has 1 aliphatic heterocycles. The highest BCUT2D eigenvalue weighted by molar-refractivity contribution is 9.10. The molecule has 146 valence electrons. The Morgan fingerprint density at radius 2 is 1.83 bits per heavy atom. The van der Waals surface area contributed by atoms with Gasteiger partial charge in [-0.15, -0.1) is 0 Å². The lowest BCUT2D eigenvalue weighted by Crippen LogP contribution is -2.03. The van der Waals surface area contributed by atoms with E-state index >= 15 is 0 Å². The molecule has 0 spiro atoms. The van der Waals surface area contributed by atoms with E-state index in [1.807, 2.05) is 30.3 Å². The molecular weight excluding hydrogens is 437 g/mol. The second kappa shape index (κ2) is 8.09. The average Bonchev–Trinajstić information content (AvgIpc) is 3.02. The van der Waals surface area contributed by atoms with Crippen molar-refractivity contribution >= 4 is 39.2 Å². The highest BCUT2D eigenvalue weighted by Gasteiger charge is 2.24. The van der Waals surface area contributed by atoms with Crippen LogP contribution in [-0.2, 0) is 11.4 Å². The van der Waals surface area contributed by atoms with Crippen molar-refractivity contribution in [3.63, 3.8) is 0 Å². The van der Waals surface area contributed by atoms with Gasteiger partial charge in [-0.25, -0.2) is 4.39 Å². The van der Waals surface area contributed by atoms with Gasteiger partial charge >= 0.3 is 0 Å². The van der Waals surface area contributed by atoms with Crippen molar-refractivity contribution in [3.05, 3.63) is 87.6 Å². The van der Waals surface area contributed by atoms with E-state index in [9.17, 15) is 9.18 Å². The van der Waals surface area contributed by atoms with Crippen molar-refractivity contribution in [2.24, 2.45) is 0 Å². The second-order valence-corrected chi connectivity index (χ2v) is 7.44. The summed E-state index contributed by atoms with van der Waals surface area (Å²) < 4.78 is 26.0. The summed E-state index contributed by atoms with van der Waals surface area (Å²) >= 11 is 3.41. The number of hydrogen-bond donors (Lipinski definition) is 1. The van der Waals surface area contributed by atoms with E-state index in [4.69, 9.17) is 9.47 Å². The molecule has 1 N–H and O–H groups in total. The molecule has 0 saturated heterocycles. The van der Waals surface area contributed by atoms with Gasteiger partial charge in [0.15, 0.2) is 11.5 Å². The van der Waals surface area contributed by atoms with Gasteiger partial charge in [0.1, 0.15) is 12.4 Å². The zero-order valence-electron chi connectivity index (χ0n) is 15.5. The van der Waals surface area contributed by atoms with Crippen molar-refractivity contribution in [2.75, 3.05) is 12.4 Å². The first kappa shape index (κ1) is 19.2. The van der Waals surface area contributed by atoms with Crippen molar-refractivity contribution in [1.82, 2.24) is 0 Å². The molecule has 1 aliphatic rings. The molecule has 0 fully saturated rings. The number of carbonyl (C=O) groups excluding carboxylic acids is 1. The minimum absolute atomic E-state index is 0.265. The molecule has 3 aromatic rings. The number of hydrogen-bond acceptors (Lipinski definition) is 3. The highest BCUT2D eigenvalue weighted by Crippen LogP contribution is 2.35. The lowest BCUT2D eigenvalue weighted by Gasteiger charge is -2.12. The Morgan fingerprint density at radius 1 is 1.03 bits per heavy atom. The largest absolute Gasteiger partial charge is 0.493 e. The molecule has 0 saturated carbocycles. The number of nitrogens with one attached hydrogen (secondary N) is 1. The Hall–Kier alpha value is -3.12. The molecule has 0 radical (unpaired) electrons. The Labute approximate surface area is 176 Å². The molecule has 1 amide bonds. The van der Waals surface area contributed by atoms with Gasteiger partial charge in [0.05, 0.1) is 7.11 Å². The summed E-state index contributed by atoms with van der Waals surface area (Å²) in [7, 11) is 1.57. The number of ether oxygens (including phenoxy) is 2. The Balaban J connectivity index is 1.63. The Morgan fingerprint density at radius 3 is 2.59 bits per heavy atom. The normalized spacial score (nSPS) is 13.9. The summed E-state index contributed by atoms with van der Waals surface area (Å²) in [6.07, 6.45) is 1.71. The van der Waals surface area contributed by atoms with Crippen LogP contribution in [0.3, 0.4) is 0 Å². The summed E-state index contributed by atoms with van der Waals surface area (Å²) in [5.74, 6) is 0.493. The third-order valence-electron chi connectivity index (χ3n) is 4.57. The standard InChI is InChI=1S/C23H17BrFNO3/c1-28-21-9-4-15(11-22(21)29-13-14-2-5-16(24)6-3-14)10-19-18-12-17(25)7-8-20(18)26-23(19)27/h2-12H,13H2,1H3,(H,26,27)/b19-10-. The van der Waals surface area contributed by atoms with Crippen LogP contribution < -0.4 is 14.8 Å². The minimum atomic E-state index is -0.389. The number of halogens is 2. The topological polar surface area (TPSA) is 47.6 Å². The van der Waals surface area contributed by atoms with Crippen LogP contribution in [0.25, 0.3) is 11.6 Å². The van der Waals surface area contributed by atoms with E-state index in [1.54, 1.807) is 31.4 Å². The molecule has 29 heavy (non-hydrogen) atoms. The number of rotatable bonds is 5. The molecular formula is C23H17BrFNO3. The molecule has 6 heteroatoms. The van der Waals surface area contributed by atoms with E-state index in [0.29, 0.717) is 34.9 Å². The number of methoxy groups -OCH3 is 1. The van der Waals surface area contributed by atoms with Gasteiger partial charge in [0.2, 0.25) is 0 Å². The zero-order valence-corrected chi connectivity index (χ0v) is 17.1. The van der Waals surface area contributed by atoms with Crippen LogP contribution in [0.5, 0.6) is 11.5 Å². The fourth-order valence-electron chi connectivity index (χ4n) is 3.11. The van der Waals surface area contributed by atoms with Gasteiger partial charge in [-0.05, 0) is 59.7 Å². The molecule has 3 aromatic carbocycles. The van der Waals surface area contributed by atoms with Gasteiger partial charge in [0, 0.05) is 21.3 Å². The molecule has 4 nitrogen and oxygen atoms in total. The van der Waals surface area contributed by atoms with Gasteiger partial charge in [-0.3, -0.25) is 4.79 Å². The molecule has 1 heterocycles. The van der Waals surface area contributed by atoms with E-state index in [0.717, 1.165) is 15.6 Å². The summed E-state index contributed by atoms with van der Waals surface area (Å²) in [6, 6.07) is 17.5. The average molecular weight is 454 g/mol. The van der Waals surface area contributed by atoms with Crippen molar-refractivity contribution < 1.29 is 18.7 Å². The van der Waals surface area contributed by atoms with Crippen LogP contribution in [0.2, 0.25) is 0 Å². The predicted molar refractivity (Wildman–Crippen MR) is 114 cm³/mol. The predicted octanol–water partition coefficient (Wildman–Crippen LogP) is 5.67. The maximum Gasteiger partial charge on any atom is 0.256 e. The Bertz CT molecular complexity index is 1110. The maximum absolute atomic E-state index is 13.6. The molecule has 0 aliphatic carbocycles. The SMILES string of the molecule is COc1ccc(/C=C2\C(=O)Nc3ccc(F)cc32)cc1OCc1ccc(Br)cc1. The summed E-state index contributed by atoms with van der Waals surface area (Å²) in [5, 5.41) is 2.75. The Kier molecular flexibility index (Phi) is 5.36. The van der Waals surface area contributed by atoms with Crippen molar-refractivity contribution in [3.8, 4) is 11.5 Å². The molecule has 4 rings (SSSR count). The van der Waals surface area contributed by atoms with Crippen LogP contribution in [0, 0.1) is 5.82 Å². The number of benzene rings is 3. The van der Waals surface area contributed by atoms with Crippen LogP contribution in [-0.4, -0.2) is 13.0 Å². The van der Waals surface area contributed by atoms with Crippen LogP contribution in [0.1, 0.15) is 16.7 Å². The number of carbonyl (C=O) groups is 1.